The number of sulfone groups is 1. The lowest BCUT2D eigenvalue weighted by molar-refractivity contribution is -0.122. The molecule has 1 aliphatic rings. The predicted octanol–water partition coefficient (Wildman–Crippen LogP) is 4.94. The van der Waals surface area contributed by atoms with Crippen molar-refractivity contribution in [3.8, 4) is 23.0 Å². The van der Waals surface area contributed by atoms with Crippen molar-refractivity contribution in [2.24, 2.45) is 11.0 Å². The van der Waals surface area contributed by atoms with Gasteiger partial charge in [-0.25, -0.2) is 18.8 Å². The minimum atomic E-state index is -3.25. The molecule has 9 heteroatoms. The quantitative estimate of drug-likeness (QED) is 0.411. The lowest BCUT2D eigenvalue weighted by atomic mass is 9.90. The summed E-state index contributed by atoms with van der Waals surface area (Å²) in [5, 5.41) is 4.28. The molecule has 5 rings (SSSR count). The molecule has 2 heterocycles. The Morgan fingerprint density at radius 2 is 1.66 bits per heavy atom. The SMILES string of the molecule is CCC1CC(=O)NN=C1c1ccc2nc(-c3ccc(Oc4ccc(S(C)(=O)=O)cc4)cc3)oc2c1. The highest BCUT2D eigenvalue weighted by Gasteiger charge is 2.24. The molecule has 1 aliphatic heterocycles. The number of ether oxygens (including phenoxy) is 1. The summed E-state index contributed by atoms with van der Waals surface area (Å²) in [6.07, 6.45) is 2.41. The number of rotatable bonds is 6. The largest absolute Gasteiger partial charge is 0.457 e. The normalized spacial score (nSPS) is 16.1. The summed E-state index contributed by atoms with van der Waals surface area (Å²) in [6.45, 7) is 2.04. The van der Waals surface area contributed by atoms with Crippen LogP contribution in [-0.2, 0) is 14.6 Å². The maximum Gasteiger partial charge on any atom is 0.240 e. The Balaban J connectivity index is 1.35. The number of benzene rings is 3. The van der Waals surface area contributed by atoms with E-state index in [1.165, 1.54) is 18.4 Å². The van der Waals surface area contributed by atoms with E-state index < -0.39 is 9.84 Å². The number of carbonyl (C=O) groups excluding carboxylic acids is 1. The van der Waals surface area contributed by atoms with E-state index in [9.17, 15) is 13.2 Å². The number of carbonyl (C=O) groups is 1. The Kier molecular flexibility index (Phi) is 5.86. The summed E-state index contributed by atoms with van der Waals surface area (Å²) >= 11 is 0. The molecule has 1 N–H and O–H groups in total. The third-order valence-electron chi connectivity index (χ3n) is 5.89. The highest BCUT2D eigenvalue weighted by Crippen LogP contribution is 2.30. The molecule has 3 aromatic carbocycles. The Hall–Kier alpha value is -3.98. The summed E-state index contributed by atoms with van der Waals surface area (Å²) in [5.74, 6) is 1.61. The van der Waals surface area contributed by atoms with Gasteiger partial charge in [0, 0.05) is 29.7 Å². The van der Waals surface area contributed by atoms with Crippen LogP contribution < -0.4 is 10.2 Å². The molecule has 8 nitrogen and oxygen atoms in total. The minimum Gasteiger partial charge on any atom is -0.457 e. The molecule has 0 radical (unpaired) electrons. The lowest BCUT2D eigenvalue weighted by Gasteiger charge is -2.21. The molecule has 0 saturated carbocycles. The van der Waals surface area contributed by atoms with Gasteiger partial charge in [0.1, 0.15) is 17.0 Å². The van der Waals surface area contributed by atoms with Gasteiger partial charge in [0.2, 0.25) is 11.8 Å². The first-order chi connectivity index (χ1) is 16.8. The summed E-state index contributed by atoms with van der Waals surface area (Å²) < 4.78 is 35.0. The predicted molar refractivity (Wildman–Crippen MR) is 132 cm³/mol. The fourth-order valence-electron chi connectivity index (χ4n) is 3.98. The van der Waals surface area contributed by atoms with Crippen LogP contribution in [0.4, 0.5) is 0 Å². The van der Waals surface area contributed by atoms with Crippen molar-refractivity contribution in [1.29, 1.82) is 0 Å². The molecular formula is C26H23N3O5S. The third kappa shape index (κ3) is 4.81. The van der Waals surface area contributed by atoms with Crippen LogP contribution in [-0.4, -0.2) is 31.3 Å². The molecule has 0 aliphatic carbocycles. The topological polar surface area (TPSA) is 111 Å². The average Bonchev–Trinajstić information content (AvgIpc) is 3.27. The van der Waals surface area contributed by atoms with E-state index in [4.69, 9.17) is 9.15 Å². The zero-order valence-corrected chi connectivity index (χ0v) is 20.0. The van der Waals surface area contributed by atoms with Gasteiger partial charge in [-0.1, -0.05) is 13.0 Å². The number of hydrogen-bond donors (Lipinski definition) is 1. The first-order valence-corrected chi connectivity index (χ1v) is 13.0. The molecule has 0 saturated heterocycles. The number of hydrogen-bond acceptors (Lipinski definition) is 7. The minimum absolute atomic E-state index is 0.0676. The first-order valence-electron chi connectivity index (χ1n) is 11.2. The molecule has 1 atom stereocenters. The Morgan fingerprint density at radius 1 is 1.00 bits per heavy atom. The molecule has 178 valence electrons. The van der Waals surface area contributed by atoms with Gasteiger partial charge >= 0.3 is 0 Å². The van der Waals surface area contributed by atoms with Crippen molar-refractivity contribution >= 4 is 32.6 Å². The molecule has 1 amide bonds. The van der Waals surface area contributed by atoms with Gasteiger partial charge in [-0.15, -0.1) is 0 Å². The third-order valence-corrected chi connectivity index (χ3v) is 7.01. The van der Waals surface area contributed by atoms with Crippen LogP contribution in [0.1, 0.15) is 25.3 Å². The molecule has 0 fully saturated rings. The van der Waals surface area contributed by atoms with Crippen LogP contribution in [0.25, 0.3) is 22.6 Å². The summed E-state index contributed by atoms with van der Waals surface area (Å²) in [4.78, 5) is 16.5. The Labute approximate surface area is 202 Å². The van der Waals surface area contributed by atoms with Gasteiger partial charge in [0.05, 0.1) is 10.6 Å². The monoisotopic (exact) mass is 489 g/mol. The van der Waals surface area contributed by atoms with E-state index in [0.717, 1.165) is 28.8 Å². The number of aromatic nitrogens is 1. The zero-order chi connectivity index (χ0) is 24.6. The first kappa shape index (κ1) is 22.8. The van der Waals surface area contributed by atoms with Gasteiger partial charge in [0.25, 0.3) is 0 Å². The molecule has 0 bridgehead atoms. The zero-order valence-electron chi connectivity index (χ0n) is 19.2. The van der Waals surface area contributed by atoms with Crippen LogP contribution in [0.15, 0.2) is 81.1 Å². The maximum atomic E-state index is 11.7. The van der Waals surface area contributed by atoms with Gasteiger partial charge in [-0.05, 0) is 67.1 Å². The van der Waals surface area contributed by atoms with E-state index in [-0.39, 0.29) is 16.7 Å². The van der Waals surface area contributed by atoms with Crippen molar-refractivity contribution in [3.05, 3.63) is 72.3 Å². The van der Waals surface area contributed by atoms with Crippen LogP contribution in [0, 0.1) is 5.92 Å². The van der Waals surface area contributed by atoms with Crippen molar-refractivity contribution < 1.29 is 22.4 Å². The second kappa shape index (κ2) is 8.99. The number of oxazole rings is 1. The highest BCUT2D eigenvalue weighted by molar-refractivity contribution is 7.90. The average molecular weight is 490 g/mol. The number of nitrogens with zero attached hydrogens (tertiary/aromatic N) is 2. The number of hydrazone groups is 1. The fraction of sp³-hybridized carbons (Fsp3) is 0.192. The van der Waals surface area contributed by atoms with E-state index in [0.29, 0.717) is 29.4 Å². The smallest absolute Gasteiger partial charge is 0.240 e. The second-order valence-electron chi connectivity index (χ2n) is 8.41. The maximum absolute atomic E-state index is 11.7. The van der Waals surface area contributed by atoms with E-state index in [1.54, 1.807) is 24.3 Å². The van der Waals surface area contributed by atoms with Gasteiger partial charge in [-0.3, -0.25) is 4.79 Å². The van der Waals surface area contributed by atoms with Crippen molar-refractivity contribution in [2.75, 3.05) is 6.26 Å². The van der Waals surface area contributed by atoms with E-state index in [2.05, 4.69) is 15.5 Å². The van der Waals surface area contributed by atoms with Crippen LogP contribution in [0.5, 0.6) is 11.5 Å². The van der Waals surface area contributed by atoms with Crippen molar-refractivity contribution in [1.82, 2.24) is 10.4 Å². The molecular weight excluding hydrogens is 466 g/mol. The number of amides is 1. The summed E-state index contributed by atoms with van der Waals surface area (Å²) in [5.41, 5.74) is 6.47. The van der Waals surface area contributed by atoms with Gasteiger partial charge < -0.3 is 9.15 Å². The molecule has 1 aromatic heterocycles. The van der Waals surface area contributed by atoms with Crippen molar-refractivity contribution in [2.45, 2.75) is 24.7 Å². The number of fused-ring (bicyclic) bond motifs is 1. The van der Waals surface area contributed by atoms with Gasteiger partial charge in [-0.2, -0.15) is 5.10 Å². The molecule has 1 unspecified atom stereocenters. The summed E-state index contributed by atoms with van der Waals surface area (Å²) in [6, 6.07) is 19.3. The standard InChI is InChI=1S/C26H23N3O5S/c1-3-16-15-24(30)28-29-25(16)18-6-13-22-23(14-18)34-26(27-22)17-4-7-19(8-5-17)33-20-9-11-21(12-10-20)35(2,31)32/h4-14,16H,3,15H2,1-2H3,(H,28,30). The molecule has 35 heavy (non-hydrogen) atoms. The Morgan fingerprint density at radius 3 is 2.31 bits per heavy atom. The Bertz CT molecular complexity index is 1540. The van der Waals surface area contributed by atoms with Crippen molar-refractivity contribution in [3.63, 3.8) is 0 Å². The van der Waals surface area contributed by atoms with E-state index >= 15 is 0 Å². The molecule has 0 spiro atoms. The lowest BCUT2D eigenvalue weighted by Crippen LogP contribution is -2.33. The van der Waals surface area contributed by atoms with E-state index in [1.807, 2.05) is 37.3 Å². The molecule has 4 aromatic rings. The second-order valence-corrected chi connectivity index (χ2v) is 10.4. The summed E-state index contributed by atoms with van der Waals surface area (Å²) in [7, 11) is -3.25. The van der Waals surface area contributed by atoms with Crippen LogP contribution >= 0.6 is 0 Å². The van der Waals surface area contributed by atoms with Crippen LogP contribution in [0.2, 0.25) is 0 Å². The van der Waals surface area contributed by atoms with Crippen LogP contribution in [0.3, 0.4) is 0 Å². The highest BCUT2D eigenvalue weighted by atomic mass is 32.2. The van der Waals surface area contributed by atoms with Gasteiger partial charge in [0.15, 0.2) is 15.4 Å². The number of nitrogens with one attached hydrogen (secondary N) is 1. The fourth-order valence-corrected chi connectivity index (χ4v) is 4.61.